The first kappa shape index (κ1) is 32.2. The van der Waals surface area contributed by atoms with Crippen LogP contribution in [0.15, 0.2) is 42.6 Å². The molecule has 234 valence electrons. The number of pyridine rings is 1. The van der Waals surface area contributed by atoms with Crippen molar-refractivity contribution in [1.29, 1.82) is 0 Å². The van der Waals surface area contributed by atoms with Crippen LogP contribution in [0, 0.1) is 0 Å². The van der Waals surface area contributed by atoms with Gasteiger partial charge in [0.05, 0.1) is 16.8 Å². The summed E-state index contributed by atoms with van der Waals surface area (Å²) in [5, 5.41) is 3.15. The highest BCUT2D eigenvalue weighted by molar-refractivity contribution is 7.79. The van der Waals surface area contributed by atoms with Crippen molar-refractivity contribution in [2.24, 2.45) is 0 Å². The Morgan fingerprint density at radius 2 is 1.42 bits per heavy atom. The lowest BCUT2D eigenvalue weighted by atomic mass is 10.1. The maximum Gasteiger partial charge on any atom is 0.419 e. The lowest BCUT2D eigenvalue weighted by molar-refractivity contribution is -0.138. The lowest BCUT2D eigenvalue weighted by Gasteiger charge is -2.28. The molecule has 0 bridgehead atoms. The van der Waals surface area contributed by atoms with Crippen molar-refractivity contribution >= 4 is 33.7 Å². The van der Waals surface area contributed by atoms with E-state index in [4.69, 9.17) is 27.5 Å². The Morgan fingerprint density at radius 1 is 0.791 bits per heavy atom. The van der Waals surface area contributed by atoms with Crippen molar-refractivity contribution in [3.63, 3.8) is 0 Å². The molecule has 0 saturated carbocycles. The van der Waals surface area contributed by atoms with E-state index in [-0.39, 0.29) is 18.9 Å². The first-order valence-electron chi connectivity index (χ1n) is 13.2. The van der Waals surface area contributed by atoms with Gasteiger partial charge in [0, 0.05) is 50.0 Å². The van der Waals surface area contributed by atoms with Gasteiger partial charge in [-0.1, -0.05) is 0 Å². The first-order chi connectivity index (χ1) is 20.1. The Morgan fingerprint density at radius 3 is 2.02 bits per heavy atom. The van der Waals surface area contributed by atoms with Crippen LogP contribution in [0.2, 0.25) is 0 Å². The van der Waals surface area contributed by atoms with Crippen LogP contribution in [-0.4, -0.2) is 58.7 Å². The van der Waals surface area contributed by atoms with E-state index in [0.717, 1.165) is 56.1 Å². The molecule has 10 nitrogen and oxygen atoms in total. The molecule has 1 aromatic carbocycles. The highest BCUT2D eigenvalue weighted by atomic mass is 32.3. The zero-order valence-electron chi connectivity index (χ0n) is 22.5. The molecule has 1 saturated heterocycles. The SMILES string of the molecule is FC(F)(F)c1ccc(Nc2nc(N3CCCCC3)nc3c2CCN(c2ncccc2C(F)(F)F)CC3)cc1.O=S(=O)(O)O. The number of rotatable bonds is 4. The molecule has 3 aromatic rings. The topological polar surface area (TPSA) is 132 Å². The molecule has 2 aliphatic heterocycles. The fraction of sp³-hybridized carbons (Fsp3) is 0.423. The molecule has 17 heteroatoms. The molecular formula is C26H28F6N6O4S. The minimum absolute atomic E-state index is 0.130. The number of nitrogens with zero attached hydrogens (tertiary/aromatic N) is 5. The number of hydrogen-bond acceptors (Lipinski definition) is 8. The van der Waals surface area contributed by atoms with Crippen molar-refractivity contribution in [1.82, 2.24) is 15.0 Å². The summed E-state index contributed by atoms with van der Waals surface area (Å²) in [6.07, 6.45) is -3.84. The van der Waals surface area contributed by atoms with Gasteiger partial charge in [-0.2, -0.15) is 39.7 Å². The monoisotopic (exact) mass is 634 g/mol. The fourth-order valence-corrected chi connectivity index (χ4v) is 4.89. The third-order valence-corrected chi connectivity index (χ3v) is 6.84. The second-order valence-corrected chi connectivity index (χ2v) is 10.7. The minimum atomic E-state index is -4.67. The molecular weight excluding hydrogens is 606 g/mol. The summed E-state index contributed by atoms with van der Waals surface area (Å²) < 4.78 is 112. The molecule has 5 rings (SSSR count). The number of aromatic nitrogens is 3. The average molecular weight is 635 g/mol. The lowest BCUT2D eigenvalue weighted by Crippen LogP contribution is -2.31. The maximum atomic E-state index is 13.7. The maximum absolute atomic E-state index is 13.7. The molecule has 4 heterocycles. The Hall–Kier alpha value is -3.70. The van der Waals surface area contributed by atoms with Gasteiger partial charge >= 0.3 is 22.8 Å². The molecule has 0 radical (unpaired) electrons. The highest BCUT2D eigenvalue weighted by Crippen LogP contribution is 2.37. The van der Waals surface area contributed by atoms with Gasteiger partial charge < -0.3 is 15.1 Å². The number of halogens is 6. The van der Waals surface area contributed by atoms with Gasteiger partial charge in [0.15, 0.2) is 0 Å². The van der Waals surface area contributed by atoms with E-state index >= 15 is 0 Å². The molecule has 0 unspecified atom stereocenters. The number of nitrogens with one attached hydrogen (secondary N) is 1. The van der Waals surface area contributed by atoms with Crippen molar-refractivity contribution in [2.75, 3.05) is 41.3 Å². The van der Waals surface area contributed by atoms with Crippen LogP contribution < -0.4 is 15.1 Å². The quantitative estimate of drug-likeness (QED) is 0.246. The third kappa shape index (κ3) is 8.90. The summed E-state index contributed by atoms with van der Waals surface area (Å²) in [6.45, 7) is 2.10. The van der Waals surface area contributed by atoms with Crippen LogP contribution in [0.3, 0.4) is 0 Å². The molecule has 2 aliphatic rings. The van der Waals surface area contributed by atoms with Gasteiger partial charge in [-0.25, -0.2) is 9.97 Å². The first-order valence-corrected chi connectivity index (χ1v) is 14.6. The molecule has 0 aliphatic carbocycles. The van der Waals surface area contributed by atoms with Gasteiger partial charge in [-0.15, -0.1) is 0 Å². The fourth-order valence-electron chi connectivity index (χ4n) is 4.89. The number of fused-ring (bicyclic) bond motifs is 1. The van der Waals surface area contributed by atoms with Crippen LogP contribution in [0.4, 0.5) is 49.6 Å². The van der Waals surface area contributed by atoms with Crippen LogP contribution in [0.25, 0.3) is 0 Å². The Bertz CT molecular complexity index is 1510. The smallest absolute Gasteiger partial charge is 0.355 e. The van der Waals surface area contributed by atoms with Gasteiger partial charge in [0.25, 0.3) is 0 Å². The van der Waals surface area contributed by atoms with Crippen molar-refractivity contribution in [3.05, 3.63) is 65.0 Å². The zero-order valence-corrected chi connectivity index (χ0v) is 23.3. The summed E-state index contributed by atoms with van der Waals surface area (Å²) in [6, 6.07) is 6.95. The van der Waals surface area contributed by atoms with E-state index in [1.807, 2.05) is 0 Å². The predicted octanol–water partition coefficient (Wildman–Crippen LogP) is 5.60. The van der Waals surface area contributed by atoms with E-state index in [0.29, 0.717) is 36.0 Å². The number of anilines is 4. The normalized spacial score (nSPS) is 16.1. The summed E-state index contributed by atoms with van der Waals surface area (Å²) in [5.74, 6) is 0.837. The van der Waals surface area contributed by atoms with E-state index in [1.165, 1.54) is 24.4 Å². The highest BCUT2D eigenvalue weighted by Gasteiger charge is 2.36. The second kappa shape index (κ2) is 12.9. The number of benzene rings is 1. The van der Waals surface area contributed by atoms with Crippen LogP contribution >= 0.6 is 0 Å². The largest absolute Gasteiger partial charge is 0.419 e. The zero-order chi connectivity index (χ0) is 31.4. The Balaban J connectivity index is 0.000000782. The number of piperidine rings is 1. The van der Waals surface area contributed by atoms with Crippen LogP contribution in [0.1, 0.15) is 41.6 Å². The summed E-state index contributed by atoms with van der Waals surface area (Å²) in [4.78, 5) is 17.3. The van der Waals surface area contributed by atoms with Gasteiger partial charge in [0.2, 0.25) is 5.95 Å². The van der Waals surface area contributed by atoms with Crippen molar-refractivity contribution < 1.29 is 43.9 Å². The standard InChI is InChI=1S/C26H26F6N6.H2O4S/c27-25(28,29)17-6-8-18(9-7-17)34-22-19-10-15-37(23-20(26(30,31)32)5-4-12-33-23)16-11-21(19)35-24(36-22)38-13-2-1-3-14-38;1-5(2,3)4/h4-9,12H,1-3,10-11,13-16H2,(H,34,35,36);(H2,1,2,3,4). The predicted molar refractivity (Wildman–Crippen MR) is 146 cm³/mol. The number of hydrogen-bond donors (Lipinski definition) is 3. The summed E-state index contributed by atoms with van der Waals surface area (Å²) in [7, 11) is -4.67. The molecule has 0 spiro atoms. The summed E-state index contributed by atoms with van der Waals surface area (Å²) in [5.41, 5.74) is 0.312. The molecule has 0 atom stereocenters. The Labute approximate surface area is 243 Å². The van der Waals surface area contributed by atoms with E-state index in [1.54, 1.807) is 4.90 Å². The molecule has 43 heavy (non-hydrogen) atoms. The van der Waals surface area contributed by atoms with Gasteiger partial charge in [-0.3, -0.25) is 9.11 Å². The van der Waals surface area contributed by atoms with Gasteiger partial charge in [-0.05, 0) is 62.1 Å². The minimum Gasteiger partial charge on any atom is -0.355 e. The third-order valence-electron chi connectivity index (χ3n) is 6.84. The van der Waals surface area contributed by atoms with E-state index < -0.39 is 33.9 Å². The van der Waals surface area contributed by atoms with E-state index in [2.05, 4.69) is 15.2 Å². The Kier molecular flexibility index (Phi) is 9.66. The second-order valence-electron chi connectivity index (χ2n) is 9.85. The van der Waals surface area contributed by atoms with Crippen LogP contribution in [0.5, 0.6) is 0 Å². The molecule has 2 aromatic heterocycles. The molecule has 0 amide bonds. The summed E-state index contributed by atoms with van der Waals surface area (Å²) >= 11 is 0. The number of alkyl halides is 6. The molecule has 1 fully saturated rings. The van der Waals surface area contributed by atoms with Gasteiger partial charge in [0.1, 0.15) is 11.6 Å². The molecule has 3 N–H and O–H groups in total. The van der Waals surface area contributed by atoms with Crippen molar-refractivity contribution in [3.8, 4) is 0 Å². The van der Waals surface area contributed by atoms with Crippen molar-refractivity contribution in [2.45, 2.75) is 44.5 Å². The average Bonchev–Trinajstić information content (AvgIpc) is 3.15. The van der Waals surface area contributed by atoms with Crippen LogP contribution in [-0.2, 0) is 35.6 Å². The van der Waals surface area contributed by atoms with E-state index in [9.17, 15) is 26.3 Å².